The Morgan fingerprint density at radius 3 is 2.38 bits per heavy atom. The van der Waals surface area contributed by atoms with E-state index in [0.29, 0.717) is 5.69 Å². The molecule has 2 rings (SSSR count). The zero-order valence-corrected chi connectivity index (χ0v) is 13.1. The van der Waals surface area contributed by atoms with Crippen LogP contribution < -0.4 is 5.56 Å². The zero-order valence-electron chi connectivity index (χ0n) is 13.1. The van der Waals surface area contributed by atoms with Crippen LogP contribution in [0.4, 0.5) is 13.2 Å². The van der Waals surface area contributed by atoms with Crippen molar-refractivity contribution in [3.63, 3.8) is 0 Å². The Morgan fingerprint density at radius 1 is 1.29 bits per heavy atom. The van der Waals surface area contributed by atoms with Gasteiger partial charge in [-0.3, -0.25) is 14.4 Å². The first-order chi connectivity index (χ1) is 11.0. The highest BCUT2D eigenvalue weighted by atomic mass is 19.4. The molecule has 9 heteroatoms. The Kier molecular flexibility index (Phi) is 4.73. The number of halogens is 3. The molecule has 6 nitrogen and oxygen atoms in total. The lowest BCUT2D eigenvalue weighted by atomic mass is 9.96. The molecule has 1 saturated heterocycles. The van der Waals surface area contributed by atoms with Crippen LogP contribution in [0.1, 0.15) is 35.8 Å². The average molecular weight is 346 g/mol. The minimum atomic E-state index is -4.71. The van der Waals surface area contributed by atoms with E-state index in [1.54, 1.807) is 13.8 Å². The molecule has 1 fully saturated rings. The summed E-state index contributed by atoms with van der Waals surface area (Å²) in [5.74, 6) is -6.29. The number of aliphatic carboxylic acids is 1. The molecule has 1 aromatic heterocycles. The molecule has 1 aliphatic rings. The lowest BCUT2D eigenvalue weighted by molar-refractivity contribution is -0.187. The highest BCUT2D eigenvalue weighted by molar-refractivity contribution is 5.95. The first-order valence-corrected chi connectivity index (χ1v) is 7.33. The minimum absolute atomic E-state index is 0.0468. The van der Waals surface area contributed by atoms with Crippen molar-refractivity contribution in [1.29, 1.82) is 0 Å². The Labute approximate surface area is 135 Å². The second kappa shape index (κ2) is 6.29. The van der Waals surface area contributed by atoms with Crippen LogP contribution in [0.25, 0.3) is 0 Å². The van der Waals surface area contributed by atoms with Gasteiger partial charge in [-0.2, -0.15) is 13.2 Å². The smallest absolute Gasteiger partial charge is 0.394 e. The number of aromatic amines is 1. The molecule has 0 radical (unpaired) electrons. The third-order valence-corrected chi connectivity index (χ3v) is 4.08. The van der Waals surface area contributed by atoms with Crippen LogP contribution >= 0.6 is 0 Å². The molecular weight excluding hydrogens is 329 g/mol. The van der Waals surface area contributed by atoms with Crippen LogP contribution in [0.15, 0.2) is 16.9 Å². The predicted octanol–water partition coefficient (Wildman–Crippen LogP) is 1.83. The summed E-state index contributed by atoms with van der Waals surface area (Å²) in [7, 11) is 0. The number of nitrogens with one attached hydrogen (secondary N) is 1. The molecule has 2 atom stereocenters. The van der Waals surface area contributed by atoms with Gasteiger partial charge in [0.05, 0.1) is 11.8 Å². The van der Waals surface area contributed by atoms with Crippen LogP contribution in [-0.2, 0) is 4.79 Å². The summed E-state index contributed by atoms with van der Waals surface area (Å²) >= 11 is 0. The summed E-state index contributed by atoms with van der Waals surface area (Å²) in [4.78, 5) is 38.5. The molecule has 132 valence electrons. The minimum Gasteiger partial charge on any atom is -0.481 e. The van der Waals surface area contributed by atoms with Gasteiger partial charge in [-0.1, -0.05) is 13.8 Å². The van der Waals surface area contributed by atoms with Crippen LogP contribution in [0, 0.1) is 11.8 Å². The van der Waals surface area contributed by atoms with Gasteiger partial charge in [0.25, 0.3) is 5.91 Å². The van der Waals surface area contributed by atoms with E-state index in [9.17, 15) is 27.6 Å². The molecular formula is C15H17F3N2O4. The van der Waals surface area contributed by atoms with Crippen molar-refractivity contribution >= 4 is 11.9 Å². The molecule has 0 saturated carbocycles. The Morgan fingerprint density at radius 2 is 1.92 bits per heavy atom. The first kappa shape index (κ1) is 18.0. The molecule has 1 aliphatic heterocycles. The van der Waals surface area contributed by atoms with E-state index in [1.165, 1.54) is 6.07 Å². The summed E-state index contributed by atoms with van der Waals surface area (Å²) in [5.41, 5.74) is -0.104. The Bertz CT molecular complexity index is 711. The highest BCUT2D eigenvalue weighted by Gasteiger charge is 2.53. The molecule has 0 aliphatic carbocycles. The van der Waals surface area contributed by atoms with Gasteiger partial charge >= 0.3 is 12.1 Å². The van der Waals surface area contributed by atoms with Crippen molar-refractivity contribution in [2.24, 2.45) is 11.8 Å². The molecule has 2 N–H and O–H groups in total. The number of pyridine rings is 1. The maximum absolute atomic E-state index is 13.0. The normalized spacial score (nSPS) is 21.3. The topological polar surface area (TPSA) is 90.5 Å². The van der Waals surface area contributed by atoms with E-state index in [0.717, 1.165) is 11.0 Å². The summed E-state index contributed by atoms with van der Waals surface area (Å²) in [6, 6.07) is 2.41. The standard InChI is InChI=1S/C15H17F3N2O4/c1-7(2)11-3-8(4-12(21)19-11)13(22)20-5-9(14(23)24)10(6-20)15(16,17)18/h3-4,7,9-10H,5-6H2,1-2H3,(H,19,21)(H,23,24)/t9-,10-/m1/s1. The fraction of sp³-hybridized carbons (Fsp3) is 0.533. The number of alkyl halides is 3. The van der Waals surface area contributed by atoms with Crippen LogP contribution in [0.3, 0.4) is 0 Å². The molecule has 0 spiro atoms. The van der Waals surface area contributed by atoms with Gasteiger partial charge in [0.1, 0.15) is 0 Å². The van der Waals surface area contributed by atoms with Crippen molar-refractivity contribution in [2.45, 2.75) is 25.9 Å². The van der Waals surface area contributed by atoms with Crippen molar-refractivity contribution in [1.82, 2.24) is 9.88 Å². The number of carbonyl (C=O) groups excluding carboxylic acids is 1. The number of carbonyl (C=O) groups is 2. The fourth-order valence-corrected chi connectivity index (χ4v) is 2.73. The zero-order chi connectivity index (χ0) is 18.2. The number of H-pyrrole nitrogens is 1. The largest absolute Gasteiger partial charge is 0.481 e. The second-order valence-electron chi connectivity index (χ2n) is 6.15. The SMILES string of the molecule is CC(C)c1cc(C(=O)N2C[C@@H](C(F)(F)F)[C@H](C(=O)O)C2)cc(=O)[nH]1. The number of carboxylic acid groups (broad SMARTS) is 1. The Hall–Kier alpha value is -2.32. The van der Waals surface area contributed by atoms with Crippen molar-refractivity contribution < 1.29 is 27.9 Å². The predicted molar refractivity (Wildman–Crippen MR) is 77.7 cm³/mol. The van der Waals surface area contributed by atoms with Gasteiger partial charge in [-0.05, 0) is 12.0 Å². The summed E-state index contributed by atoms with van der Waals surface area (Å²) in [5, 5.41) is 8.99. The maximum atomic E-state index is 13.0. The Balaban J connectivity index is 2.31. The first-order valence-electron chi connectivity index (χ1n) is 7.33. The average Bonchev–Trinajstić information content (AvgIpc) is 2.91. The van der Waals surface area contributed by atoms with Gasteiger partial charge in [0.2, 0.25) is 5.56 Å². The number of carboxylic acids is 1. The summed E-state index contributed by atoms with van der Waals surface area (Å²) in [6.07, 6.45) is -4.71. The molecule has 1 aromatic rings. The molecule has 0 aromatic carbocycles. The van der Waals surface area contributed by atoms with Gasteiger partial charge in [-0.25, -0.2) is 0 Å². The van der Waals surface area contributed by atoms with E-state index < -0.39 is 48.5 Å². The van der Waals surface area contributed by atoms with Gasteiger partial charge in [0, 0.05) is 30.4 Å². The van der Waals surface area contributed by atoms with E-state index in [1.807, 2.05) is 0 Å². The number of rotatable bonds is 3. The lowest BCUT2D eigenvalue weighted by Crippen LogP contribution is -2.34. The quantitative estimate of drug-likeness (QED) is 0.874. The molecule has 0 bridgehead atoms. The van der Waals surface area contributed by atoms with Crippen LogP contribution in [0.5, 0.6) is 0 Å². The third kappa shape index (κ3) is 3.60. The summed E-state index contributed by atoms with van der Waals surface area (Å²) in [6.45, 7) is 2.30. The van der Waals surface area contributed by atoms with E-state index in [4.69, 9.17) is 5.11 Å². The fourth-order valence-electron chi connectivity index (χ4n) is 2.73. The van der Waals surface area contributed by atoms with Gasteiger partial charge < -0.3 is 15.0 Å². The highest BCUT2D eigenvalue weighted by Crippen LogP contribution is 2.38. The number of nitrogens with zero attached hydrogens (tertiary/aromatic N) is 1. The number of hydrogen-bond donors (Lipinski definition) is 2. The van der Waals surface area contributed by atoms with Crippen LogP contribution in [0.2, 0.25) is 0 Å². The third-order valence-electron chi connectivity index (χ3n) is 4.08. The molecule has 24 heavy (non-hydrogen) atoms. The van der Waals surface area contributed by atoms with Crippen molar-refractivity contribution in [2.75, 3.05) is 13.1 Å². The van der Waals surface area contributed by atoms with Gasteiger partial charge in [-0.15, -0.1) is 0 Å². The molecule has 1 amide bonds. The second-order valence-corrected chi connectivity index (χ2v) is 6.15. The van der Waals surface area contributed by atoms with Crippen molar-refractivity contribution in [3.8, 4) is 0 Å². The van der Waals surface area contributed by atoms with E-state index in [-0.39, 0.29) is 11.5 Å². The summed E-state index contributed by atoms with van der Waals surface area (Å²) < 4.78 is 39.0. The van der Waals surface area contributed by atoms with E-state index >= 15 is 0 Å². The van der Waals surface area contributed by atoms with Crippen LogP contribution in [-0.4, -0.2) is 46.1 Å². The lowest BCUT2D eigenvalue weighted by Gasteiger charge is -2.18. The van der Waals surface area contributed by atoms with E-state index in [2.05, 4.69) is 4.98 Å². The maximum Gasteiger partial charge on any atom is 0.394 e. The number of likely N-dealkylation sites (tertiary alicyclic amines) is 1. The molecule has 2 heterocycles. The van der Waals surface area contributed by atoms with Gasteiger partial charge in [0.15, 0.2) is 0 Å². The number of aromatic nitrogens is 1. The number of hydrogen-bond acceptors (Lipinski definition) is 3. The van der Waals surface area contributed by atoms with Crippen molar-refractivity contribution in [3.05, 3.63) is 33.7 Å². The number of amides is 1. The monoisotopic (exact) mass is 346 g/mol. The molecule has 0 unspecified atom stereocenters.